The van der Waals surface area contributed by atoms with Crippen LogP contribution in [0.4, 0.5) is 0 Å². The number of piperidine rings is 1. The number of nitrogens with two attached hydrogens (primary N) is 1. The molecule has 0 aliphatic carbocycles. The topological polar surface area (TPSA) is 87.2 Å². The Labute approximate surface area is 113 Å². The monoisotopic (exact) mass is 279 g/mol. The highest BCUT2D eigenvalue weighted by Crippen LogP contribution is 2.18. The average molecular weight is 279 g/mol. The Morgan fingerprint density at radius 3 is 2.58 bits per heavy atom. The Morgan fingerprint density at radius 1 is 1.32 bits per heavy atom. The predicted molar refractivity (Wildman–Crippen MR) is 72.6 cm³/mol. The van der Waals surface area contributed by atoms with Crippen molar-refractivity contribution in [2.45, 2.75) is 24.6 Å². The molecule has 1 aliphatic rings. The SMILES string of the molecule is N#Cc1ccccc1CS(=O)(=O)N1CCC(N)CC1. The van der Waals surface area contributed by atoms with E-state index in [1.807, 2.05) is 6.07 Å². The predicted octanol–water partition coefficient (Wildman–Crippen LogP) is 0.811. The molecule has 1 aromatic carbocycles. The first-order chi connectivity index (χ1) is 9.03. The van der Waals surface area contributed by atoms with Crippen molar-refractivity contribution in [3.63, 3.8) is 0 Å². The first kappa shape index (κ1) is 14.0. The summed E-state index contributed by atoms with van der Waals surface area (Å²) in [6.07, 6.45) is 1.39. The zero-order chi connectivity index (χ0) is 13.9. The van der Waals surface area contributed by atoms with E-state index in [2.05, 4.69) is 0 Å². The summed E-state index contributed by atoms with van der Waals surface area (Å²) in [4.78, 5) is 0. The van der Waals surface area contributed by atoms with Gasteiger partial charge in [0.25, 0.3) is 0 Å². The molecular formula is C13H17N3O2S. The summed E-state index contributed by atoms with van der Waals surface area (Å²) in [6.45, 7) is 0.941. The molecule has 19 heavy (non-hydrogen) atoms. The van der Waals surface area contributed by atoms with Crippen molar-refractivity contribution in [3.05, 3.63) is 35.4 Å². The molecule has 0 unspecified atom stereocenters. The summed E-state index contributed by atoms with van der Waals surface area (Å²) >= 11 is 0. The number of benzene rings is 1. The van der Waals surface area contributed by atoms with Crippen LogP contribution in [-0.4, -0.2) is 31.9 Å². The third kappa shape index (κ3) is 3.32. The number of hydrogen-bond donors (Lipinski definition) is 1. The second-order valence-electron chi connectivity index (χ2n) is 4.76. The number of nitriles is 1. The summed E-state index contributed by atoms with van der Waals surface area (Å²) < 4.78 is 26.1. The lowest BCUT2D eigenvalue weighted by Crippen LogP contribution is -2.43. The highest BCUT2D eigenvalue weighted by Gasteiger charge is 2.27. The van der Waals surface area contributed by atoms with E-state index in [9.17, 15) is 8.42 Å². The quantitative estimate of drug-likeness (QED) is 0.887. The molecule has 5 nitrogen and oxygen atoms in total. The minimum absolute atomic E-state index is 0.0952. The van der Waals surface area contributed by atoms with Gasteiger partial charge in [-0.05, 0) is 24.5 Å². The van der Waals surface area contributed by atoms with Gasteiger partial charge in [-0.25, -0.2) is 12.7 Å². The Bertz CT molecular complexity index is 584. The molecule has 1 saturated heterocycles. The minimum atomic E-state index is -3.37. The van der Waals surface area contributed by atoms with E-state index in [4.69, 9.17) is 11.0 Å². The van der Waals surface area contributed by atoms with Crippen LogP contribution in [0.3, 0.4) is 0 Å². The molecule has 1 aromatic rings. The third-order valence-corrected chi connectivity index (χ3v) is 5.20. The zero-order valence-electron chi connectivity index (χ0n) is 10.6. The van der Waals surface area contributed by atoms with Gasteiger partial charge in [0.1, 0.15) is 0 Å². The molecule has 0 radical (unpaired) electrons. The van der Waals surface area contributed by atoms with Crippen LogP contribution in [0.2, 0.25) is 0 Å². The van der Waals surface area contributed by atoms with Crippen LogP contribution < -0.4 is 5.73 Å². The van der Waals surface area contributed by atoms with E-state index in [0.717, 1.165) is 0 Å². The molecule has 2 rings (SSSR count). The molecule has 1 fully saturated rings. The van der Waals surface area contributed by atoms with Crippen molar-refractivity contribution in [1.29, 1.82) is 5.26 Å². The first-order valence-corrected chi connectivity index (χ1v) is 7.85. The van der Waals surface area contributed by atoms with Gasteiger partial charge >= 0.3 is 0 Å². The molecule has 2 N–H and O–H groups in total. The van der Waals surface area contributed by atoms with Gasteiger partial charge in [-0.3, -0.25) is 0 Å². The largest absolute Gasteiger partial charge is 0.328 e. The van der Waals surface area contributed by atoms with E-state index < -0.39 is 10.0 Å². The lowest BCUT2D eigenvalue weighted by molar-refractivity contribution is 0.319. The molecular weight excluding hydrogens is 262 g/mol. The smallest absolute Gasteiger partial charge is 0.218 e. The summed E-state index contributed by atoms with van der Waals surface area (Å²) in [5.41, 5.74) is 6.75. The Balaban J connectivity index is 2.15. The molecule has 6 heteroatoms. The molecule has 0 saturated carbocycles. The molecule has 0 bridgehead atoms. The van der Waals surface area contributed by atoms with Crippen molar-refractivity contribution in [3.8, 4) is 6.07 Å². The second-order valence-corrected chi connectivity index (χ2v) is 6.73. The van der Waals surface area contributed by atoms with Gasteiger partial charge in [-0.15, -0.1) is 0 Å². The van der Waals surface area contributed by atoms with Crippen molar-refractivity contribution < 1.29 is 8.42 Å². The molecule has 1 aliphatic heterocycles. The fraction of sp³-hybridized carbons (Fsp3) is 0.462. The minimum Gasteiger partial charge on any atom is -0.328 e. The van der Waals surface area contributed by atoms with E-state index in [1.54, 1.807) is 24.3 Å². The molecule has 0 aromatic heterocycles. The maximum Gasteiger partial charge on any atom is 0.218 e. The fourth-order valence-electron chi connectivity index (χ4n) is 2.20. The van der Waals surface area contributed by atoms with Crippen molar-refractivity contribution in [2.24, 2.45) is 5.73 Å². The number of rotatable bonds is 3. The van der Waals surface area contributed by atoms with Gasteiger partial charge in [0.15, 0.2) is 0 Å². The van der Waals surface area contributed by atoms with Gasteiger partial charge in [-0.1, -0.05) is 18.2 Å². The number of nitrogens with zero attached hydrogens (tertiary/aromatic N) is 2. The van der Waals surface area contributed by atoms with Gasteiger partial charge in [0.2, 0.25) is 10.0 Å². The molecule has 0 atom stereocenters. The van der Waals surface area contributed by atoms with Gasteiger partial charge in [0, 0.05) is 19.1 Å². The molecule has 0 spiro atoms. The van der Waals surface area contributed by atoms with Crippen LogP contribution in [0, 0.1) is 11.3 Å². The van der Waals surface area contributed by atoms with Crippen molar-refractivity contribution >= 4 is 10.0 Å². The highest BCUT2D eigenvalue weighted by molar-refractivity contribution is 7.88. The van der Waals surface area contributed by atoms with Crippen LogP contribution in [0.1, 0.15) is 24.0 Å². The van der Waals surface area contributed by atoms with Crippen LogP contribution in [-0.2, 0) is 15.8 Å². The van der Waals surface area contributed by atoms with Crippen LogP contribution in [0.5, 0.6) is 0 Å². The van der Waals surface area contributed by atoms with Crippen molar-refractivity contribution in [1.82, 2.24) is 4.31 Å². The summed E-state index contributed by atoms with van der Waals surface area (Å²) in [5, 5.41) is 8.99. The maximum absolute atomic E-state index is 12.3. The lowest BCUT2D eigenvalue weighted by atomic mass is 10.1. The van der Waals surface area contributed by atoms with E-state index >= 15 is 0 Å². The highest BCUT2D eigenvalue weighted by atomic mass is 32.2. The van der Waals surface area contributed by atoms with E-state index in [0.29, 0.717) is 37.1 Å². The molecule has 1 heterocycles. The molecule has 102 valence electrons. The van der Waals surface area contributed by atoms with Crippen LogP contribution in [0.25, 0.3) is 0 Å². The average Bonchev–Trinajstić information content (AvgIpc) is 2.39. The summed E-state index contributed by atoms with van der Waals surface area (Å²) in [7, 11) is -3.37. The lowest BCUT2D eigenvalue weighted by Gasteiger charge is -2.29. The third-order valence-electron chi connectivity index (χ3n) is 3.37. The summed E-state index contributed by atoms with van der Waals surface area (Å²) in [5.74, 6) is -0.119. The van der Waals surface area contributed by atoms with Crippen LogP contribution in [0.15, 0.2) is 24.3 Å². The Hall–Kier alpha value is -1.42. The number of sulfonamides is 1. The summed E-state index contributed by atoms with van der Waals surface area (Å²) in [6, 6.07) is 8.92. The van der Waals surface area contributed by atoms with Crippen LogP contribution >= 0.6 is 0 Å². The van der Waals surface area contributed by atoms with Crippen molar-refractivity contribution in [2.75, 3.05) is 13.1 Å². The van der Waals surface area contributed by atoms with Gasteiger partial charge < -0.3 is 5.73 Å². The normalized spacial score (nSPS) is 18.1. The second kappa shape index (κ2) is 5.70. The maximum atomic E-state index is 12.3. The van der Waals surface area contributed by atoms with Gasteiger partial charge in [0.05, 0.1) is 17.4 Å². The first-order valence-electron chi connectivity index (χ1n) is 6.24. The Kier molecular flexibility index (Phi) is 4.20. The fourth-order valence-corrected chi connectivity index (χ4v) is 3.79. The zero-order valence-corrected chi connectivity index (χ0v) is 11.4. The number of hydrogen-bond acceptors (Lipinski definition) is 4. The van der Waals surface area contributed by atoms with E-state index in [1.165, 1.54) is 4.31 Å². The Morgan fingerprint density at radius 2 is 1.95 bits per heavy atom. The molecule has 0 amide bonds. The van der Waals surface area contributed by atoms with Gasteiger partial charge in [-0.2, -0.15) is 5.26 Å². The van der Waals surface area contributed by atoms with E-state index in [-0.39, 0.29) is 11.8 Å². The standard InChI is InChI=1S/C13H17N3O2S/c14-9-11-3-1-2-4-12(11)10-19(17,18)16-7-5-13(15)6-8-16/h1-4,13H,5-8,10,15H2.